The third kappa shape index (κ3) is 2.54. The topological polar surface area (TPSA) is 56.2 Å². The van der Waals surface area contributed by atoms with E-state index in [2.05, 4.69) is 10.1 Å². The number of aromatic nitrogens is 3. The summed E-state index contributed by atoms with van der Waals surface area (Å²) in [5.41, 5.74) is 6.26. The molecule has 108 valence electrons. The van der Waals surface area contributed by atoms with Crippen molar-refractivity contribution in [1.82, 2.24) is 14.6 Å². The fourth-order valence-electron chi connectivity index (χ4n) is 2.19. The van der Waals surface area contributed by atoms with E-state index in [1.54, 1.807) is 18.2 Å². The van der Waals surface area contributed by atoms with Crippen molar-refractivity contribution in [2.24, 2.45) is 0 Å². The van der Waals surface area contributed by atoms with Crippen LogP contribution in [0.4, 0.5) is 19.0 Å². The maximum Gasteiger partial charge on any atom is 0.416 e. The number of rotatable bonds is 2. The van der Waals surface area contributed by atoms with Crippen LogP contribution in [-0.4, -0.2) is 14.6 Å². The lowest BCUT2D eigenvalue weighted by Crippen LogP contribution is -2.09. The predicted octanol–water partition coefficient (Wildman–Crippen LogP) is 2.92. The van der Waals surface area contributed by atoms with E-state index in [1.165, 1.54) is 22.8 Å². The average molecular weight is 292 g/mol. The molecule has 0 amide bonds. The monoisotopic (exact) mass is 292 g/mol. The van der Waals surface area contributed by atoms with Gasteiger partial charge in [-0.15, -0.1) is 0 Å². The smallest absolute Gasteiger partial charge is 0.384 e. The number of alkyl halides is 3. The minimum atomic E-state index is -4.38. The summed E-state index contributed by atoms with van der Waals surface area (Å²) in [7, 11) is 0. The van der Waals surface area contributed by atoms with Crippen molar-refractivity contribution >= 4 is 11.5 Å². The van der Waals surface area contributed by atoms with Gasteiger partial charge in [0.05, 0.1) is 11.3 Å². The van der Waals surface area contributed by atoms with E-state index in [4.69, 9.17) is 5.73 Å². The molecule has 1 aromatic carbocycles. The highest BCUT2D eigenvalue weighted by Gasteiger charge is 2.32. The summed E-state index contributed by atoms with van der Waals surface area (Å²) >= 11 is 0. The first-order valence-corrected chi connectivity index (χ1v) is 6.19. The maximum absolute atomic E-state index is 13.0. The van der Waals surface area contributed by atoms with E-state index in [-0.39, 0.29) is 12.0 Å². The minimum absolute atomic E-state index is 0.0679. The molecule has 0 saturated heterocycles. The summed E-state index contributed by atoms with van der Waals surface area (Å²) in [5, 5.41) is 4.19. The Labute approximate surface area is 118 Å². The van der Waals surface area contributed by atoms with Crippen LogP contribution in [0.25, 0.3) is 5.65 Å². The second kappa shape index (κ2) is 4.76. The molecule has 4 nitrogen and oxygen atoms in total. The molecule has 0 aliphatic rings. The molecule has 2 aromatic heterocycles. The summed E-state index contributed by atoms with van der Waals surface area (Å²) in [6, 6.07) is 8.67. The second-order valence-corrected chi connectivity index (χ2v) is 4.61. The second-order valence-electron chi connectivity index (χ2n) is 4.61. The highest BCUT2D eigenvalue weighted by molar-refractivity contribution is 5.47. The molecule has 0 aliphatic heterocycles. The van der Waals surface area contributed by atoms with Crippen LogP contribution in [0.5, 0.6) is 0 Å². The average Bonchev–Trinajstić information content (AvgIpc) is 2.82. The number of hydrogen-bond acceptors (Lipinski definition) is 3. The minimum Gasteiger partial charge on any atom is -0.384 e. The van der Waals surface area contributed by atoms with E-state index in [0.717, 1.165) is 6.07 Å². The Hall–Kier alpha value is -2.57. The van der Waals surface area contributed by atoms with Gasteiger partial charge in [0.2, 0.25) is 0 Å². The van der Waals surface area contributed by atoms with Gasteiger partial charge in [-0.2, -0.15) is 22.8 Å². The molecule has 0 radical (unpaired) electrons. The Balaban J connectivity index is 2.01. The molecule has 3 aromatic rings. The van der Waals surface area contributed by atoms with E-state index in [9.17, 15) is 13.2 Å². The van der Waals surface area contributed by atoms with E-state index in [1.807, 2.05) is 0 Å². The first kappa shape index (κ1) is 13.4. The number of nitrogen functional groups attached to an aromatic ring is 1. The van der Waals surface area contributed by atoms with Crippen molar-refractivity contribution in [3.8, 4) is 0 Å². The van der Waals surface area contributed by atoms with Crippen LogP contribution in [0, 0.1) is 0 Å². The van der Waals surface area contributed by atoms with Gasteiger partial charge in [0.15, 0.2) is 5.65 Å². The van der Waals surface area contributed by atoms with Crippen molar-refractivity contribution in [2.75, 3.05) is 5.73 Å². The van der Waals surface area contributed by atoms with Gasteiger partial charge in [0.25, 0.3) is 0 Å². The van der Waals surface area contributed by atoms with Crippen molar-refractivity contribution in [3.05, 3.63) is 59.4 Å². The van der Waals surface area contributed by atoms with Crippen LogP contribution in [-0.2, 0) is 12.6 Å². The van der Waals surface area contributed by atoms with Crippen LogP contribution in [0.15, 0.2) is 42.6 Å². The predicted molar refractivity (Wildman–Crippen MR) is 71.6 cm³/mol. The molecule has 0 atom stereocenters. The standard InChI is InChI=1S/C14H11F3N4/c15-14(16,17)11-4-2-1-3-9(11)7-10-8-13-19-6-5-12(18)21(13)20-10/h1-6,8H,7,18H2. The van der Waals surface area contributed by atoms with Gasteiger partial charge < -0.3 is 5.73 Å². The maximum atomic E-state index is 13.0. The number of anilines is 1. The van der Waals surface area contributed by atoms with Crippen molar-refractivity contribution in [1.29, 1.82) is 0 Å². The summed E-state index contributed by atoms with van der Waals surface area (Å²) in [4.78, 5) is 4.07. The quantitative estimate of drug-likeness (QED) is 0.790. The number of benzene rings is 1. The van der Waals surface area contributed by atoms with Gasteiger partial charge in [0, 0.05) is 18.7 Å². The van der Waals surface area contributed by atoms with Crippen LogP contribution < -0.4 is 5.73 Å². The number of fused-ring (bicyclic) bond motifs is 1. The first-order chi connectivity index (χ1) is 9.95. The van der Waals surface area contributed by atoms with Gasteiger partial charge in [-0.25, -0.2) is 4.98 Å². The molecular weight excluding hydrogens is 281 g/mol. The molecule has 0 fully saturated rings. The third-order valence-corrected chi connectivity index (χ3v) is 3.13. The van der Waals surface area contributed by atoms with Crippen LogP contribution in [0.2, 0.25) is 0 Å². The molecule has 0 aliphatic carbocycles. The lowest BCUT2D eigenvalue weighted by Gasteiger charge is -2.11. The summed E-state index contributed by atoms with van der Waals surface area (Å²) in [6.45, 7) is 0. The van der Waals surface area contributed by atoms with Gasteiger partial charge in [0.1, 0.15) is 5.82 Å². The Morgan fingerprint density at radius 1 is 1.14 bits per heavy atom. The Bertz CT molecular complexity index is 792. The highest BCUT2D eigenvalue weighted by Crippen LogP contribution is 2.32. The van der Waals surface area contributed by atoms with Crippen molar-refractivity contribution in [3.63, 3.8) is 0 Å². The van der Waals surface area contributed by atoms with E-state index < -0.39 is 11.7 Å². The van der Waals surface area contributed by atoms with Gasteiger partial charge in [-0.3, -0.25) is 0 Å². The first-order valence-electron chi connectivity index (χ1n) is 6.19. The summed E-state index contributed by atoms with van der Waals surface area (Å²) in [5.74, 6) is 0.385. The number of hydrogen-bond donors (Lipinski definition) is 1. The molecule has 0 bridgehead atoms. The molecular formula is C14H11F3N4. The lowest BCUT2D eigenvalue weighted by molar-refractivity contribution is -0.138. The lowest BCUT2D eigenvalue weighted by atomic mass is 10.0. The van der Waals surface area contributed by atoms with Crippen LogP contribution >= 0.6 is 0 Å². The zero-order valence-corrected chi connectivity index (χ0v) is 10.8. The molecule has 0 spiro atoms. The Morgan fingerprint density at radius 2 is 1.90 bits per heavy atom. The van der Waals surface area contributed by atoms with Gasteiger partial charge in [-0.05, 0) is 17.7 Å². The molecule has 2 heterocycles. The molecule has 7 heteroatoms. The largest absolute Gasteiger partial charge is 0.416 e. The molecule has 3 rings (SSSR count). The summed E-state index contributed by atoms with van der Waals surface area (Å²) < 4.78 is 40.3. The summed E-state index contributed by atoms with van der Waals surface area (Å²) in [6.07, 6.45) is -2.79. The van der Waals surface area contributed by atoms with Gasteiger partial charge in [-0.1, -0.05) is 18.2 Å². The zero-order chi connectivity index (χ0) is 15.0. The van der Waals surface area contributed by atoms with Gasteiger partial charge >= 0.3 is 6.18 Å². The fraction of sp³-hybridized carbons (Fsp3) is 0.143. The van der Waals surface area contributed by atoms with E-state index in [0.29, 0.717) is 17.2 Å². The normalized spacial score (nSPS) is 12.0. The van der Waals surface area contributed by atoms with Crippen molar-refractivity contribution in [2.45, 2.75) is 12.6 Å². The Kier molecular flexibility index (Phi) is 3.04. The van der Waals surface area contributed by atoms with Crippen LogP contribution in [0.1, 0.15) is 16.8 Å². The highest BCUT2D eigenvalue weighted by atomic mass is 19.4. The number of halogens is 3. The van der Waals surface area contributed by atoms with Crippen molar-refractivity contribution < 1.29 is 13.2 Å². The molecule has 0 saturated carbocycles. The number of nitrogens with zero attached hydrogens (tertiary/aromatic N) is 3. The zero-order valence-electron chi connectivity index (χ0n) is 10.8. The van der Waals surface area contributed by atoms with E-state index >= 15 is 0 Å². The van der Waals surface area contributed by atoms with Crippen LogP contribution in [0.3, 0.4) is 0 Å². The Morgan fingerprint density at radius 3 is 2.62 bits per heavy atom. The third-order valence-electron chi connectivity index (χ3n) is 3.13. The molecule has 21 heavy (non-hydrogen) atoms. The fourth-order valence-corrected chi connectivity index (χ4v) is 2.19. The SMILES string of the molecule is Nc1ccnc2cc(Cc3ccccc3C(F)(F)F)nn12. The molecule has 2 N–H and O–H groups in total. The molecule has 0 unspecified atom stereocenters. The number of nitrogens with two attached hydrogens (primary N) is 1.